The third kappa shape index (κ3) is 13.6. The minimum atomic E-state index is 0.583. The van der Waals surface area contributed by atoms with Crippen molar-refractivity contribution in [3.8, 4) is 0 Å². The van der Waals surface area contributed by atoms with Gasteiger partial charge in [0, 0.05) is 26.2 Å². The highest BCUT2D eigenvalue weighted by Gasteiger charge is 2.09. The Morgan fingerprint density at radius 1 is 0.733 bits per heavy atom. The lowest BCUT2D eigenvalue weighted by molar-refractivity contribution is 0.226. The van der Waals surface area contributed by atoms with Gasteiger partial charge in [-0.1, -0.05) is 115 Å². The van der Waals surface area contributed by atoms with Crippen molar-refractivity contribution < 1.29 is 0 Å². The van der Waals surface area contributed by atoms with E-state index in [1.54, 1.807) is 0 Å². The first-order valence-corrected chi connectivity index (χ1v) is 12.0. The maximum absolute atomic E-state index is 2.54. The second-order valence-electron chi connectivity index (χ2n) is 8.25. The zero-order valence-electron chi connectivity index (χ0n) is 21.1. The Kier molecular flexibility index (Phi) is 17.2. The summed E-state index contributed by atoms with van der Waals surface area (Å²) >= 11 is 0. The van der Waals surface area contributed by atoms with Crippen LogP contribution in [0.1, 0.15) is 83.4 Å². The van der Waals surface area contributed by atoms with Crippen molar-refractivity contribution in [2.75, 3.05) is 27.2 Å². The van der Waals surface area contributed by atoms with Crippen molar-refractivity contribution in [3.05, 3.63) is 71.3 Å². The number of likely N-dealkylation sites (N-methyl/N-ethyl adjacent to an activating group) is 1. The van der Waals surface area contributed by atoms with Crippen LogP contribution in [0.15, 0.2) is 54.6 Å². The van der Waals surface area contributed by atoms with E-state index >= 15 is 0 Å². The Labute approximate surface area is 188 Å². The summed E-state index contributed by atoms with van der Waals surface area (Å²) < 4.78 is 0. The fourth-order valence-electron chi connectivity index (χ4n) is 3.06. The lowest BCUT2D eigenvalue weighted by atomic mass is 10.0. The van der Waals surface area contributed by atoms with Gasteiger partial charge in [-0.15, -0.1) is 0 Å². The summed E-state index contributed by atoms with van der Waals surface area (Å²) in [6, 6.07) is 19.8. The van der Waals surface area contributed by atoms with Gasteiger partial charge in [0.2, 0.25) is 0 Å². The fraction of sp³-hybridized carbons (Fsp3) is 0.571. The van der Waals surface area contributed by atoms with Gasteiger partial charge in [-0.25, -0.2) is 0 Å². The summed E-state index contributed by atoms with van der Waals surface area (Å²) in [6.07, 6.45) is 4.08. The van der Waals surface area contributed by atoms with E-state index in [1.807, 2.05) is 13.8 Å². The van der Waals surface area contributed by atoms with Crippen LogP contribution in [0.25, 0.3) is 0 Å². The molecule has 0 aliphatic heterocycles. The van der Waals surface area contributed by atoms with Crippen molar-refractivity contribution in [3.63, 3.8) is 0 Å². The smallest absolute Gasteiger partial charge is 0.0237 e. The molecule has 0 fully saturated rings. The van der Waals surface area contributed by atoms with E-state index < -0.39 is 0 Å². The highest BCUT2D eigenvalue weighted by atomic mass is 15.2. The second kappa shape index (κ2) is 18.2. The minimum absolute atomic E-state index is 0.583. The second-order valence-corrected chi connectivity index (χ2v) is 8.25. The molecular weight excluding hydrogens is 364 g/mol. The van der Waals surface area contributed by atoms with Gasteiger partial charge < -0.3 is 4.90 Å². The van der Waals surface area contributed by atoms with Crippen molar-refractivity contribution >= 4 is 0 Å². The normalized spacial score (nSPS) is 10.5. The average molecular weight is 413 g/mol. The van der Waals surface area contributed by atoms with Gasteiger partial charge in [0.25, 0.3) is 0 Å². The summed E-state index contributed by atoms with van der Waals surface area (Å²) in [7, 11) is 4.28. The average Bonchev–Trinajstić information content (AvgIpc) is 2.75. The van der Waals surface area contributed by atoms with Crippen molar-refractivity contribution in [2.24, 2.45) is 0 Å². The number of unbranched alkanes of at least 4 members (excludes halogenated alkanes) is 2. The van der Waals surface area contributed by atoms with Gasteiger partial charge in [0.05, 0.1) is 0 Å². The summed E-state index contributed by atoms with van der Waals surface area (Å²) in [6.45, 7) is 17.1. The van der Waals surface area contributed by atoms with Crippen LogP contribution in [0, 0.1) is 0 Å². The molecule has 2 rings (SSSR count). The van der Waals surface area contributed by atoms with Crippen molar-refractivity contribution in [1.82, 2.24) is 9.80 Å². The Morgan fingerprint density at radius 3 is 1.80 bits per heavy atom. The van der Waals surface area contributed by atoms with Crippen LogP contribution in [0.5, 0.6) is 0 Å². The highest BCUT2D eigenvalue weighted by molar-refractivity contribution is 5.26. The lowest BCUT2D eigenvalue weighted by Crippen LogP contribution is -2.31. The van der Waals surface area contributed by atoms with Gasteiger partial charge in [0.15, 0.2) is 0 Å². The van der Waals surface area contributed by atoms with Crippen LogP contribution in [0.3, 0.4) is 0 Å². The molecule has 0 saturated heterocycles. The van der Waals surface area contributed by atoms with Crippen LogP contribution in [0.4, 0.5) is 0 Å². The van der Waals surface area contributed by atoms with Gasteiger partial charge in [-0.05, 0) is 36.7 Å². The van der Waals surface area contributed by atoms with Gasteiger partial charge >= 0.3 is 0 Å². The third-order valence-electron chi connectivity index (χ3n) is 4.84. The van der Waals surface area contributed by atoms with E-state index in [0.29, 0.717) is 5.92 Å². The number of nitrogens with zero attached hydrogens (tertiary/aromatic N) is 2. The Balaban J connectivity index is 0.00000105. The van der Waals surface area contributed by atoms with Gasteiger partial charge in [-0.3, -0.25) is 4.90 Å². The first-order chi connectivity index (χ1) is 14.5. The van der Waals surface area contributed by atoms with Crippen LogP contribution in [0.2, 0.25) is 0 Å². The maximum Gasteiger partial charge on any atom is 0.0237 e. The van der Waals surface area contributed by atoms with E-state index in [2.05, 4.69) is 106 Å². The minimum Gasteiger partial charge on any atom is -0.308 e. The monoisotopic (exact) mass is 412 g/mol. The summed E-state index contributed by atoms with van der Waals surface area (Å²) in [4.78, 5) is 4.79. The van der Waals surface area contributed by atoms with E-state index in [9.17, 15) is 0 Å². The number of hydrogen-bond donors (Lipinski definition) is 0. The molecule has 170 valence electrons. The van der Waals surface area contributed by atoms with Crippen LogP contribution in [-0.2, 0) is 13.1 Å². The predicted octanol–water partition coefficient (Wildman–Crippen LogP) is 7.60. The zero-order chi connectivity index (χ0) is 22.8. The molecule has 0 aliphatic carbocycles. The zero-order valence-corrected chi connectivity index (χ0v) is 21.1. The fourth-order valence-corrected chi connectivity index (χ4v) is 3.06. The molecule has 0 amide bonds. The molecule has 0 aliphatic rings. The SMILES string of the molecule is CC.CC(C)c1cccc(CN(CCN(C)C)Cc2ccccc2)c1.CCCCC. The largest absolute Gasteiger partial charge is 0.308 e. The molecule has 2 aromatic carbocycles. The Hall–Kier alpha value is -1.64. The number of rotatable bonds is 10. The van der Waals surface area contributed by atoms with Gasteiger partial charge in [0.1, 0.15) is 0 Å². The molecule has 0 aromatic heterocycles. The maximum atomic E-state index is 2.54. The first kappa shape index (κ1) is 28.4. The molecule has 0 bridgehead atoms. The summed E-state index contributed by atoms with van der Waals surface area (Å²) in [5, 5.41) is 0. The summed E-state index contributed by atoms with van der Waals surface area (Å²) in [5.74, 6) is 0.583. The van der Waals surface area contributed by atoms with Crippen LogP contribution < -0.4 is 0 Å². The Morgan fingerprint density at radius 2 is 1.30 bits per heavy atom. The van der Waals surface area contributed by atoms with Crippen LogP contribution >= 0.6 is 0 Å². The predicted molar refractivity (Wildman–Crippen MR) is 136 cm³/mol. The number of hydrogen-bond acceptors (Lipinski definition) is 2. The molecule has 2 heteroatoms. The first-order valence-electron chi connectivity index (χ1n) is 12.0. The molecule has 0 saturated carbocycles. The highest BCUT2D eigenvalue weighted by Crippen LogP contribution is 2.17. The van der Waals surface area contributed by atoms with Crippen molar-refractivity contribution in [1.29, 1.82) is 0 Å². The molecular formula is C28H48N2. The molecule has 0 spiro atoms. The molecule has 0 radical (unpaired) electrons. The quantitative estimate of drug-likeness (QED) is 0.396. The van der Waals surface area contributed by atoms with Gasteiger partial charge in [-0.2, -0.15) is 0 Å². The molecule has 2 nitrogen and oxygen atoms in total. The van der Waals surface area contributed by atoms with Crippen molar-refractivity contribution in [2.45, 2.75) is 79.8 Å². The molecule has 0 heterocycles. The molecule has 0 atom stereocenters. The third-order valence-corrected chi connectivity index (χ3v) is 4.84. The topological polar surface area (TPSA) is 6.48 Å². The molecule has 0 unspecified atom stereocenters. The van der Waals surface area contributed by atoms with E-state index in [0.717, 1.165) is 26.2 Å². The lowest BCUT2D eigenvalue weighted by Gasteiger charge is -2.24. The van der Waals surface area contributed by atoms with E-state index in [1.165, 1.54) is 36.0 Å². The Bertz CT molecular complexity index is 618. The standard InChI is InChI=1S/C21H30N2.C5H12.C2H6/c1-18(2)21-12-8-11-20(15-21)17-23(14-13-22(3)4)16-19-9-6-5-7-10-19;1-3-5-4-2;1-2/h5-12,15,18H,13-14,16-17H2,1-4H3;3-5H2,1-2H3;1-2H3. The number of benzene rings is 2. The molecule has 2 aromatic rings. The van der Waals surface area contributed by atoms with E-state index in [4.69, 9.17) is 0 Å². The summed E-state index contributed by atoms with van der Waals surface area (Å²) in [5.41, 5.74) is 4.21. The van der Waals surface area contributed by atoms with Crippen LogP contribution in [-0.4, -0.2) is 37.0 Å². The molecule has 0 N–H and O–H groups in total. The van der Waals surface area contributed by atoms with E-state index in [-0.39, 0.29) is 0 Å². The molecule has 30 heavy (non-hydrogen) atoms.